The van der Waals surface area contributed by atoms with E-state index in [1.165, 1.54) is 21.9 Å². The van der Waals surface area contributed by atoms with E-state index in [1.807, 2.05) is 30.6 Å². The van der Waals surface area contributed by atoms with E-state index in [4.69, 9.17) is 4.74 Å². The van der Waals surface area contributed by atoms with Crippen molar-refractivity contribution in [2.24, 2.45) is 0 Å². The molecule has 1 heterocycles. The van der Waals surface area contributed by atoms with Gasteiger partial charge in [-0.05, 0) is 34.7 Å². The fraction of sp³-hybridized carbons (Fsp3) is 0.0625. The van der Waals surface area contributed by atoms with Crippen LogP contribution < -0.4 is 4.74 Å². The number of methoxy groups -OCH3 is 1. The Morgan fingerprint density at radius 2 is 1.78 bits per heavy atom. The van der Waals surface area contributed by atoms with Crippen LogP contribution >= 0.6 is 0 Å². The van der Waals surface area contributed by atoms with Gasteiger partial charge in [0.25, 0.3) is 0 Å². The molecule has 0 aliphatic carbocycles. The molecule has 0 saturated heterocycles. The molecule has 2 nitrogen and oxygen atoms in total. The number of fused-ring (bicyclic) bond motifs is 1. The summed E-state index contributed by atoms with van der Waals surface area (Å²) in [6, 6.07) is 16.4. The van der Waals surface area contributed by atoms with Crippen LogP contribution in [-0.2, 0) is 0 Å². The Kier molecular flexibility index (Phi) is 2.69. The van der Waals surface area contributed by atoms with Crippen LogP contribution in [0.1, 0.15) is 0 Å². The zero-order chi connectivity index (χ0) is 12.4. The summed E-state index contributed by atoms with van der Waals surface area (Å²) in [5.74, 6) is 0.872. The van der Waals surface area contributed by atoms with E-state index < -0.39 is 0 Å². The molecule has 0 bridgehead atoms. The van der Waals surface area contributed by atoms with Crippen LogP contribution in [0.2, 0.25) is 0 Å². The lowest BCUT2D eigenvalue weighted by Gasteiger charge is -2.07. The first-order valence-electron chi connectivity index (χ1n) is 5.85. The highest BCUT2D eigenvalue weighted by molar-refractivity contribution is 5.95. The molecule has 0 atom stereocenters. The number of rotatable bonds is 2. The van der Waals surface area contributed by atoms with E-state index in [0.717, 1.165) is 5.75 Å². The maximum absolute atomic E-state index is 5.18. The Labute approximate surface area is 106 Å². The molecule has 1 aromatic heterocycles. The van der Waals surface area contributed by atoms with Crippen LogP contribution in [0.4, 0.5) is 0 Å². The average molecular weight is 235 g/mol. The molecule has 0 radical (unpaired) electrons. The van der Waals surface area contributed by atoms with E-state index in [0.29, 0.717) is 0 Å². The molecule has 0 saturated carbocycles. The Bertz CT molecular complexity index is 669. The molecular formula is C16H13NO. The minimum atomic E-state index is 0.872. The lowest BCUT2D eigenvalue weighted by atomic mass is 10.00. The predicted molar refractivity (Wildman–Crippen MR) is 73.7 cm³/mol. The highest BCUT2D eigenvalue weighted by atomic mass is 16.5. The van der Waals surface area contributed by atoms with Gasteiger partial charge in [-0.1, -0.05) is 30.3 Å². The van der Waals surface area contributed by atoms with Crippen molar-refractivity contribution < 1.29 is 4.74 Å². The number of ether oxygens (including phenoxy) is 1. The molecular weight excluding hydrogens is 222 g/mol. The Balaban J connectivity index is 2.18. The zero-order valence-electron chi connectivity index (χ0n) is 10.1. The van der Waals surface area contributed by atoms with Crippen LogP contribution in [0, 0.1) is 0 Å². The van der Waals surface area contributed by atoms with E-state index in [9.17, 15) is 0 Å². The van der Waals surface area contributed by atoms with Gasteiger partial charge in [-0.25, -0.2) is 0 Å². The number of aromatic nitrogens is 1. The summed E-state index contributed by atoms with van der Waals surface area (Å²) < 4.78 is 5.18. The maximum atomic E-state index is 5.18. The van der Waals surface area contributed by atoms with Crippen molar-refractivity contribution in [1.82, 2.24) is 4.98 Å². The highest BCUT2D eigenvalue weighted by Crippen LogP contribution is 2.28. The number of nitrogens with zero attached hydrogens (tertiary/aromatic N) is 1. The van der Waals surface area contributed by atoms with Gasteiger partial charge in [-0.2, -0.15) is 0 Å². The fourth-order valence-corrected chi connectivity index (χ4v) is 2.14. The van der Waals surface area contributed by atoms with Crippen LogP contribution in [0.15, 0.2) is 60.9 Å². The van der Waals surface area contributed by atoms with Crippen molar-refractivity contribution in [3.63, 3.8) is 0 Å². The van der Waals surface area contributed by atoms with Gasteiger partial charge in [0.2, 0.25) is 0 Å². The first kappa shape index (κ1) is 10.8. The van der Waals surface area contributed by atoms with Gasteiger partial charge in [0.15, 0.2) is 0 Å². The van der Waals surface area contributed by atoms with Crippen molar-refractivity contribution in [3.05, 3.63) is 60.9 Å². The average Bonchev–Trinajstić information content (AvgIpc) is 2.47. The summed E-state index contributed by atoms with van der Waals surface area (Å²) in [4.78, 5) is 4.21. The molecule has 88 valence electrons. The van der Waals surface area contributed by atoms with Gasteiger partial charge in [0.05, 0.1) is 7.11 Å². The number of benzene rings is 2. The van der Waals surface area contributed by atoms with Crippen LogP contribution in [0.5, 0.6) is 5.75 Å². The summed E-state index contributed by atoms with van der Waals surface area (Å²) in [5, 5.41) is 2.38. The standard InChI is InChI=1S/C16H13NO/c1-18-14-7-5-13(6-8-14)15-4-2-3-12-9-10-17-11-16(12)15/h2-11H,1H3. The Morgan fingerprint density at radius 1 is 0.944 bits per heavy atom. The molecule has 0 aliphatic heterocycles. The summed E-state index contributed by atoms with van der Waals surface area (Å²) in [6.07, 6.45) is 3.73. The molecule has 0 aliphatic rings. The minimum absolute atomic E-state index is 0.872. The van der Waals surface area contributed by atoms with Gasteiger partial charge < -0.3 is 4.74 Å². The summed E-state index contributed by atoms with van der Waals surface area (Å²) in [5.41, 5.74) is 2.37. The summed E-state index contributed by atoms with van der Waals surface area (Å²) >= 11 is 0. The fourth-order valence-electron chi connectivity index (χ4n) is 2.14. The van der Waals surface area contributed by atoms with Crippen LogP contribution in [0.25, 0.3) is 21.9 Å². The molecule has 0 N–H and O–H groups in total. The normalized spacial score (nSPS) is 10.5. The molecule has 0 amide bonds. The van der Waals surface area contributed by atoms with Gasteiger partial charge in [0.1, 0.15) is 5.75 Å². The molecule has 2 aromatic carbocycles. The SMILES string of the molecule is COc1ccc(-c2cccc3ccncc23)cc1. The molecule has 0 unspecified atom stereocenters. The minimum Gasteiger partial charge on any atom is -0.497 e. The molecule has 0 spiro atoms. The van der Waals surface area contributed by atoms with Crippen molar-refractivity contribution in [3.8, 4) is 16.9 Å². The largest absolute Gasteiger partial charge is 0.497 e. The Hall–Kier alpha value is -2.35. The number of hydrogen-bond donors (Lipinski definition) is 0. The van der Waals surface area contributed by atoms with Gasteiger partial charge in [-0.3, -0.25) is 4.98 Å². The lowest BCUT2D eigenvalue weighted by Crippen LogP contribution is -1.84. The van der Waals surface area contributed by atoms with Crippen LogP contribution in [-0.4, -0.2) is 12.1 Å². The van der Waals surface area contributed by atoms with E-state index in [2.05, 4.69) is 35.3 Å². The van der Waals surface area contributed by atoms with Crippen LogP contribution in [0.3, 0.4) is 0 Å². The molecule has 0 fully saturated rings. The molecule has 2 heteroatoms. The zero-order valence-corrected chi connectivity index (χ0v) is 10.1. The highest BCUT2D eigenvalue weighted by Gasteiger charge is 2.03. The molecule has 18 heavy (non-hydrogen) atoms. The first-order valence-corrected chi connectivity index (χ1v) is 5.85. The second-order valence-corrected chi connectivity index (χ2v) is 4.13. The molecule has 3 aromatic rings. The third kappa shape index (κ3) is 1.82. The maximum Gasteiger partial charge on any atom is 0.118 e. The van der Waals surface area contributed by atoms with Crippen molar-refractivity contribution in [2.45, 2.75) is 0 Å². The first-order chi connectivity index (χ1) is 8.88. The second kappa shape index (κ2) is 4.49. The smallest absolute Gasteiger partial charge is 0.118 e. The monoisotopic (exact) mass is 235 g/mol. The van der Waals surface area contributed by atoms with Crippen molar-refractivity contribution in [1.29, 1.82) is 0 Å². The Morgan fingerprint density at radius 3 is 2.56 bits per heavy atom. The van der Waals surface area contributed by atoms with Gasteiger partial charge in [0, 0.05) is 17.8 Å². The molecule has 3 rings (SSSR count). The quantitative estimate of drug-likeness (QED) is 0.671. The van der Waals surface area contributed by atoms with Crippen molar-refractivity contribution in [2.75, 3.05) is 7.11 Å². The third-order valence-electron chi connectivity index (χ3n) is 3.08. The van der Waals surface area contributed by atoms with E-state index in [1.54, 1.807) is 7.11 Å². The van der Waals surface area contributed by atoms with E-state index >= 15 is 0 Å². The number of hydrogen-bond acceptors (Lipinski definition) is 2. The van der Waals surface area contributed by atoms with Gasteiger partial charge >= 0.3 is 0 Å². The predicted octanol–water partition coefficient (Wildman–Crippen LogP) is 3.91. The van der Waals surface area contributed by atoms with E-state index in [-0.39, 0.29) is 0 Å². The summed E-state index contributed by atoms with van der Waals surface area (Å²) in [7, 11) is 1.68. The third-order valence-corrected chi connectivity index (χ3v) is 3.08. The summed E-state index contributed by atoms with van der Waals surface area (Å²) in [6.45, 7) is 0. The van der Waals surface area contributed by atoms with Gasteiger partial charge in [-0.15, -0.1) is 0 Å². The lowest BCUT2D eigenvalue weighted by molar-refractivity contribution is 0.415. The second-order valence-electron chi connectivity index (χ2n) is 4.13. The topological polar surface area (TPSA) is 22.1 Å². The number of pyridine rings is 1. The van der Waals surface area contributed by atoms with Crippen molar-refractivity contribution >= 4 is 10.8 Å².